The van der Waals surface area contributed by atoms with Crippen molar-refractivity contribution in [1.29, 1.82) is 0 Å². The molecule has 0 aliphatic carbocycles. The Kier molecular flexibility index (Phi) is 9.87. The van der Waals surface area contributed by atoms with E-state index >= 15 is 0 Å². The van der Waals surface area contributed by atoms with Gasteiger partial charge in [-0.1, -0.05) is 24.3 Å². The molecule has 2 aromatic carbocycles. The summed E-state index contributed by atoms with van der Waals surface area (Å²) in [7, 11) is 3.83. The number of anilines is 1. The quantitative estimate of drug-likeness (QED) is 0.419. The molecule has 3 aromatic rings. The van der Waals surface area contributed by atoms with Gasteiger partial charge in [-0.15, -0.1) is 0 Å². The van der Waals surface area contributed by atoms with Crippen molar-refractivity contribution in [2.75, 3.05) is 71.3 Å². The van der Waals surface area contributed by atoms with Crippen LogP contribution in [0.15, 0.2) is 45.6 Å². The van der Waals surface area contributed by atoms with Gasteiger partial charge >= 0.3 is 17.9 Å². The SMILES string of the molecule is Cc1cc(C[C@@H](OC(=O)N2CCC(N3CCc4ccccc4NC3=O)CC2)C(=O)N2CCN(C3CCN(C)CC3)CC2)cc2oc(=O)n(C)c12. The van der Waals surface area contributed by atoms with Crippen LogP contribution in [0, 0.1) is 6.92 Å². The Morgan fingerprint density at radius 3 is 2.32 bits per heavy atom. The standard InChI is InChI=1S/C37H49N7O6/c1-25-22-26(23-31-33(25)40(3)36(47)49-31)24-32(34(45)42-20-18-41(19-21-42)28-9-13-39(2)14-10-28)50-37(48)43-15-11-29(12-16-43)44-17-8-27-6-4-5-7-30(27)38-35(44)46/h4-7,22-23,28-29,32H,8-21,24H2,1-3H3,(H,38,46)/t32-/m1/s1. The van der Waals surface area contributed by atoms with E-state index in [4.69, 9.17) is 9.15 Å². The van der Waals surface area contributed by atoms with Crippen molar-refractivity contribution >= 4 is 34.8 Å². The summed E-state index contributed by atoms with van der Waals surface area (Å²) in [6.45, 7) is 8.30. The maximum atomic E-state index is 14.2. The summed E-state index contributed by atoms with van der Waals surface area (Å²) >= 11 is 0. The van der Waals surface area contributed by atoms with Crippen LogP contribution in [0.4, 0.5) is 15.3 Å². The first-order chi connectivity index (χ1) is 24.1. The molecule has 268 valence electrons. The van der Waals surface area contributed by atoms with E-state index in [1.165, 1.54) is 4.57 Å². The highest BCUT2D eigenvalue weighted by atomic mass is 16.6. The number of fused-ring (bicyclic) bond motifs is 2. The molecule has 0 unspecified atom stereocenters. The molecule has 1 N–H and O–H groups in total. The van der Waals surface area contributed by atoms with Crippen molar-refractivity contribution in [3.05, 3.63) is 63.6 Å². The molecular formula is C37H49N7O6. The largest absolute Gasteiger partial charge is 0.436 e. The number of oxazole rings is 1. The molecule has 3 fully saturated rings. The fourth-order valence-electron chi connectivity index (χ4n) is 8.26. The summed E-state index contributed by atoms with van der Waals surface area (Å²) in [6, 6.07) is 12.0. The monoisotopic (exact) mass is 687 g/mol. The Hall–Kier alpha value is -4.36. The van der Waals surface area contributed by atoms with Crippen LogP contribution in [0.25, 0.3) is 11.1 Å². The first kappa shape index (κ1) is 34.1. The highest BCUT2D eigenvalue weighted by Gasteiger charge is 2.36. The number of aromatic nitrogens is 1. The van der Waals surface area contributed by atoms with Gasteiger partial charge in [-0.2, -0.15) is 0 Å². The number of hydrogen-bond donors (Lipinski definition) is 1. The number of likely N-dealkylation sites (tertiary alicyclic amines) is 2. The number of piperazine rings is 1. The van der Waals surface area contributed by atoms with Crippen LogP contribution >= 0.6 is 0 Å². The van der Waals surface area contributed by atoms with Crippen LogP contribution in [0.1, 0.15) is 42.4 Å². The Morgan fingerprint density at radius 1 is 0.880 bits per heavy atom. The van der Waals surface area contributed by atoms with Crippen LogP contribution in [0.2, 0.25) is 0 Å². The highest BCUT2D eigenvalue weighted by Crippen LogP contribution is 2.26. The van der Waals surface area contributed by atoms with Crippen molar-refractivity contribution in [1.82, 2.24) is 29.1 Å². The Balaban J connectivity index is 1.02. The molecule has 1 atom stereocenters. The van der Waals surface area contributed by atoms with Gasteiger partial charge in [-0.05, 0) is 88.0 Å². The highest BCUT2D eigenvalue weighted by molar-refractivity contribution is 5.91. The van der Waals surface area contributed by atoms with E-state index in [1.54, 1.807) is 18.0 Å². The molecule has 7 rings (SSSR count). The average molecular weight is 688 g/mol. The lowest BCUT2D eigenvalue weighted by atomic mass is 10.0. The van der Waals surface area contributed by atoms with E-state index in [0.717, 1.165) is 67.8 Å². The van der Waals surface area contributed by atoms with Gasteiger partial charge in [0.2, 0.25) is 0 Å². The lowest BCUT2D eigenvalue weighted by molar-refractivity contribution is -0.143. The zero-order valence-corrected chi connectivity index (χ0v) is 29.4. The molecule has 0 saturated carbocycles. The number of benzene rings is 2. The fourth-order valence-corrected chi connectivity index (χ4v) is 8.26. The van der Waals surface area contributed by atoms with E-state index in [0.29, 0.717) is 62.7 Å². The van der Waals surface area contributed by atoms with Crippen molar-refractivity contribution < 1.29 is 23.5 Å². The second-order valence-corrected chi connectivity index (χ2v) is 14.4. The van der Waals surface area contributed by atoms with Gasteiger partial charge in [0.05, 0.1) is 5.52 Å². The number of ether oxygens (including phenoxy) is 1. The second kappa shape index (κ2) is 14.5. The van der Waals surface area contributed by atoms with E-state index < -0.39 is 18.0 Å². The van der Waals surface area contributed by atoms with Gasteiger partial charge in [-0.25, -0.2) is 14.4 Å². The third-order valence-electron chi connectivity index (χ3n) is 11.2. The fraction of sp³-hybridized carbons (Fsp3) is 0.568. The normalized spacial score (nSPS) is 20.8. The molecule has 1 aromatic heterocycles. The summed E-state index contributed by atoms with van der Waals surface area (Å²) in [5.74, 6) is -0.656. The van der Waals surface area contributed by atoms with Gasteiger partial charge < -0.3 is 34.1 Å². The van der Waals surface area contributed by atoms with Gasteiger partial charge in [0.25, 0.3) is 5.91 Å². The van der Waals surface area contributed by atoms with E-state index in [-0.39, 0.29) is 24.4 Å². The van der Waals surface area contributed by atoms with Gasteiger partial charge in [0, 0.05) is 77.1 Å². The number of hydrogen-bond acceptors (Lipinski definition) is 8. The summed E-state index contributed by atoms with van der Waals surface area (Å²) < 4.78 is 13.0. The Labute approximate surface area is 292 Å². The number of piperidine rings is 2. The predicted octanol–water partition coefficient (Wildman–Crippen LogP) is 3.28. The van der Waals surface area contributed by atoms with Crippen LogP contribution < -0.4 is 11.1 Å². The van der Waals surface area contributed by atoms with E-state index in [1.807, 2.05) is 47.1 Å². The van der Waals surface area contributed by atoms with Crippen LogP contribution in [0.5, 0.6) is 0 Å². The van der Waals surface area contributed by atoms with E-state index in [2.05, 4.69) is 22.2 Å². The minimum Gasteiger partial charge on any atom is -0.436 e. The maximum Gasteiger partial charge on any atom is 0.419 e. The Bertz CT molecular complexity index is 1780. The smallest absolute Gasteiger partial charge is 0.419 e. The topological polar surface area (TPSA) is 124 Å². The van der Waals surface area contributed by atoms with Crippen LogP contribution in [-0.4, -0.2) is 131 Å². The molecule has 13 nitrogen and oxygen atoms in total. The molecule has 4 aliphatic rings. The zero-order valence-electron chi connectivity index (χ0n) is 29.4. The number of nitrogens with one attached hydrogen (secondary N) is 1. The lowest BCUT2D eigenvalue weighted by Crippen LogP contribution is -2.56. The third kappa shape index (κ3) is 7.11. The molecule has 5 heterocycles. The Morgan fingerprint density at radius 2 is 1.58 bits per heavy atom. The summed E-state index contributed by atoms with van der Waals surface area (Å²) in [4.78, 5) is 63.5. The zero-order chi connectivity index (χ0) is 34.9. The number of aryl methyl sites for hydroxylation is 2. The molecule has 0 bridgehead atoms. The number of nitrogens with zero attached hydrogens (tertiary/aromatic N) is 6. The molecule has 13 heteroatoms. The average Bonchev–Trinajstić information content (AvgIpc) is 3.30. The summed E-state index contributed by atoms with van der Waals surface area (Å²) in [6.07, 6.45) is 2.90. The molecule has 0 radical (unpaired) electrons. The summed E-state index contributed by atoms with van der Waals surface area (Å²) in [5, 5.41) is 3.05. The van der Waals surface area contributed by atoms with Crippen molar-refractivity contribution in [3.8, 4) is 0 Å². The molecule has 3 saturated heterocycles. The number of amides is 4. The molecular weight excluding hydrogens is 638 g/mol. The number of rotatable bonds is 6. The number of para-hydroxylation sites is 1. The van der Waals surface area contributed by atoms with Crippen LogP contribution in [0.3, 0.4) is 0 Å². The van der Waals surface area contributed by atoms with Crippen molar-refractivity contribution in [3.63, 3.8) is 0 Å². The number of urea groups is 1. The molecule has 0 spiro atoms. The minimum atomic E-state index is -1.03. The predicted molar refractivity (Wildman–Crippen MR) is 189 cm³/mol. The maximum absolute atomic E-state index is 14.2. The number of carbonyl (C=O) groups excluding carboxylic acids is 3. The van der Waals surface area contributed by atoms with Gasteiger partial charge in [0.15, 0.2) is 11.7 Å². The third-order valence-corrected chi connectivity index (χ3v) is 11.2. The van der Waals surface area contributed by atoms with Gasteiger partial charge in [0.1, 0.15) is 0 Å². The molecule has 4 aliphatic heterocycles. The van der Waals surface area contributed by atoms with Gasteiger partial charge in [-0.3, -0.25) is 14.3 Å². The van der Waals surface area contributed by atoms with E-state index in [9.17, 15) is 19.2 Å². The minimum absolute atomic E-state index is 0.00174. The summed E-state index contributed by atoms with van der Waals surface area (Å²) in [5.41, 5.74) is 4.72. The second-order valence-electron chi connectivity index (χ2n) is 14.4. The first-order valence-electron chi connectivity index (χ1n) is 18.1. The van der Waals surface area contributed by atoms with Crippen molar-refractivity contribution in [2.24, 2.45) is 7.05 Å². The number of carbonyl (C=O) groups is 3. The first-order valence-corrected chi connectivity index (χ1v) is 18.1. The lowest BCUT2D eigenvalue weighted by Gasteiger charge is -2.42. The molecule has 50 heavy (non-hydrogen) atoms. The van der Waals surface area contributed by atoms with Crippen LogP contribution in [-0.2, 0) is 29.4 Å². The molecule has 4 amide bonds. The van der Waals surface area contributed by atoms with Crippen molar-refractivity contribution in [2.45, 2.75) is 63.6 Å².